The van der Waals surface area contributed by atoms with E-state index < -0.39 is 0 Å². The molecule has 0 radical (unpaired) electrons. The minimum atomic E-state index is 0.885. The summed E-state index contributed by atoms with van der Waals surface area (Å²) in [6, 6.07) is 6.60. The first-order valence-corrected chi connectivity index (χ1v) is 7.61. The Bertz CT molecular complexity index is 615. The lowest BCUT2D eigenvalue weighted by atomic mass is 10.1. The minimum absolute atomic E-state index is 0.885. The highest BCUT2D eigenvalue weighted by Crippen LogP contribution is 2.21. The SMILES string of the molecule is c1cc2nc(N3CCC3)ncc2cc1CN1CCCC1. The highest BCUT2D eigenvalue weighted by atomic mass is 15.3. The summed E-state index contributed by atoms with van der Waals surface area (Å²) in [7, 11) is 0. The number of anilines is 1. The van der Waals surface area contributed by atoms with Gasteiger partial charge in [0, 0.05) is 31.2 Å². The molecule has 0 N–H and O–H groups in total. The Morgan fingerprint density at radius 2 is 1.85 bits per heavy atom. The first-order chi connectivity index (χ1) is 9.88. The van der Waals surface area contributed by atoms with Gasteiger partial charge in [-0.1, -0.05) is 6.07 Å². The average molecular weight is 268 g/mol. The summed E-state index contributed by atoms with van der Waals surface area (Å²) in [6.07, 6.45) is 5.92. The van der Waals surface area contributed by atoms with Gasteiger partial charge in [0.05, 0.1) is 5.52 Å². The molecule has 4 heteroatoms. The molecule has 0 aliphatic carbocycles. The van der Waals surface area contributed by atoms with Crippen LogP contribution in [0.1, 0.15) is 24.8 Å². The molecule has 2 fully saturated rings. The normalized spacial score (nSPS) is 19.5. The highest BCUT2D eigenvalue weighted by Gasteiger charge is 2.17. The summed E-state index contributed by atoms with van der Waals surface area (Å²) >= 11 is 0. The number of benzene rings is 1. The van der Waals surface area contributed by atoms with Gasteiger partial charge in [0.2, 0.25) is 5.95 Å². The Morgan fingerprint density at radius 1 is 1.00 bits per heavy atom. The highest BCUT2D eigenvalue weighted by molar-refractivity contribution is 5.79. The average Bonchev–Trinajstić information content (AvgIpc) is 2.90. The van der Waals surface area contributed by atoms with E-state index in [9.17, 15) is 0 Å². The van der Waals surface area contributed by atoms with Gasteiger partial charge in [-0.05, 0) is 50.0 Å². The molecule has 2 aromatic rings. The van der Waals surface area contributed by atoms with Crippen molar-refractivity contribution in [3.8, 4) is 0 Å². The molecule has 2 aliphatic rings. The van der Waals surface area contributed by atoms with Gasteiger partial charge >= 0.3 is 0 Å². The summed E-state index contributed by atoms with van der Waals surface area (Å²) in [6.45, 7) is 5.73. The van der Waals surface area contributed by atoms with Crippen molar-refractivity contribution < 1.29 is 0 Å². The Balaban J connectivity index is 1.59. The second-order valence-corrected chi connectivity index (χ2v) is 5.89. The number of nitrogens with zero attached hydrogens (tertiary/aromatic N) is 4. The van der Waals surface area contributed by atoms with Crippen LogP contribution in [-0.2, 0) is 6.54 Å². The molecular formula is C16H20N4. The molecule has 0 unspecified atom stereocenters. The van der Waals surface area contributed by atoms with Crippen molar-refractivity contribution in [3.05, 3.63) is 30.0 Å². The molecular weight excluding hydrogens is 248 g/mol. The molecule has 20 heavy (non-hydrogen) atoms. The van der Waals surface area contributed by atoms with E-state index in [-0.39, 0.29) is 0 Å². The maximum Gasteiger partial charge on any atom is 0.225 e. The van der Waals surface area contributed by atoms with E-state index in [1.165, 1.54) is 37.9 Å². The van der Waals surface area contributed by atoms with Crippen molar-refractivity contribution in [2.75, 3.05) is 31.1 Å². The van der Waals surface area contributed by atoms with Gasteiger partial charge in [0.1, 0.15) is 0 Å². The fourth-order valence-electron chi connectivity index (χ4n) is 3.04. The predicted octanol–water partition coefficient (Wildman–Crippen LogP) is 2.44. The third kappa shape index (κ3) is 2.24. The number of aromatic nitrogens is 2. The fraction of sp³-hybridized carbons (Fsp3) is 0.500. The molecule has 1 aromatic heterocycles. The van der Waals surface area contributed by atoms with Crippen LogP contribution >= 0.6 is 0 Å². The monoisotopic (exact) mass is 268 g/mol. The van der Waals surface area contributed by atoms with Crippen LogP contribution in [0.15, 0.2) is 24.4 Å². The largest absolute Gasteiger partial charge is 0.341 e. The smallest absolute Gasteiger partial charge is 0.225 e. The van der Waals surface area contributed by atoms with E-state index in [2.05, 4.69) is 38.0 Å². The molecule has 2 aliphatic heterocycles. The predicted molar refractivity (Wildman–Crippen MR) is 80.9 cm³/mol. The number of hydrogen-bond acceptors (Lipinski definition) is 4. The quantitative estimate of drug-likeness (QED) is 0.856. The van der Waals surface area contributed by atoms with E-state index in [0.29, 0.717) is 0 Å². The van der Waals surface area contributed by atoms with Gasteiger partial charge < -0.3 is 4.90 Å². The summed E-state index contributed by atoms with van der Waals surface area (Å²) in [5, 5.41) is 1.16. The van der Waals surface area contributed by atoms with Gasteiger partial charge in [-0.25, -0.2) is 9.97 Å². The van der Waals surface area contributed by atoms with E-state index in [4.69, 9.17) is 0 Å². The zero-order valence-electron chi connectivity index (χ0n) is 11.8. The van der Waals surface area contributed by atoms with Crippen LogP contribution in [-0.4, -0.2) is 41.0 Å². The lowest BCUT2D eigenvalue weighted by Crippen LogP contribution is -2.38. The van der Waals surface area contributed by atoms with Crippen LogP contribution in [0.25, 0.3) is 10.9 Å². The molecule has 2 saturated heterocycles. The van der Waals surface area contributed by atoms with E-state index in [1.54, 1.807) is 0 Å². The topological polar surface area (TPSA) is 32.3 Å². The standard InChI is InChI=1S/C16H20N4/c1-2-7-19(6-1)12-13-4-5-15-14(10-13)11-17-16(18-15)20-8-3-9-20/h4-5,10-11H,1-3,6-9,12H2. The zero-order valence-corrected chi connectivity index (χ0v) is 11.8. The fourth-order valence-corrected chi connectivity index (χ4v) is 3.04. The molecule has 4 rings (SSSR count). The number of likely N-dealkylation sites (tertiary alicyclic amines) is 1. The first kappa shape index (κ1) is 12.1. The van der Waals surface area contributed by atoms with Gasteiger partial charge in [-0.15, -0.1) is 0 Å². The summed E-state index contributed by atoms with van der Waals surface area (Å²) < 4.78 is 0. The third-order valence-electron chi connectivity index (χ3n) is 4.38. The second-order valence-electron chi connectivity index (χ2n) is 5.89. The molecule has 3 heterocycles. The van der Waals surface area contributed by atoms with Crippen LogP contribution in [0.2, 0.25) is 0 Å². The van der Waals surface area contributed by atoms with Crippen LogP contribution in [0.3, 0.4) is 0 Å². The van der Waals surface area contributed by atoms with Gasteiger partial charge in [-0.3, -0.25) is 4.90 Å². The lowest BCUT2D eigenvalue weighted by Gasteiger charge is -2.30. The van der Waals surface area contributed by atoms with Crippen LogP contribution in [0, 0.1) is 0 Å². The van der Waals surface area contributed by atoms with E-state index in [1.807, 2.05) is 6.20 Å². The lowest BCUT2D eigenvalue weighted by molar-refractivity contribution is 0.331. The molecule has 0 atom stereocenters. The van der Waals surface area contributed by atoms with Crippen LogP contribution in [0.4, 0.5) is 5.95 Å². The van der Waals surface area contributed by atoms with Gasteiger partial charge in [0.15, 0.2) is 0 Å². The third-order valence-corrected chi connectivity index (χ3v) is 4.38. The van der Waals surface area contributed by atoms with Crippen LogP contribution < -0.4 is 4.90 Å². The Labute approximate surface area is 119 Å². The number of hydrogen-bond donors (Lipinski definition) is 0. The van der Waals surface area contributed by atoms with Crippen molar-refractivity contribution in [1.82, 2.24) is 14.9 Å². The summed E-state index contributed by atoms with van der Waals surface area (Å²) in [5.74, 6) is 0.885. The second kappa shape index (κ2) is 5.02. The van der Waals surface area contributed by atoms with Crippen molar-refractivity contribution in [2.45, 2.75) is 25.8 Å². The Kier molecular flexibility index (Phi) is 3.03. The van der Waals surface area contributed by atoms with Crippen molar-refractivity contribution >= 4 is 16.9 Å². The van der Waals surface area contributed by atoms with Crippen molar-refractivity contribution in [3.63, 3.8) is 0 Å². The zero-order chi connectivity index (χ0) is 13.4. The minimum Gasteiger partial charge on any atom is -0.341 e. The van der Waals surface area contributed by atoms with Gasteiger partial charge in [-0.2, -0.15) is 0 Å². The Morgan fingerprint density at radius 3 is 2.60 bits per heavy atom. The summed E-state index contributed by atoms with van der Waals surface area (Å²) in [4.78, 5) is 13.9. The van der Waals surface area contributed by atoms with E-state index in [0.717, 1.165) is 36.5 Å². The summed E-state index contributed by atoms with van der Waals surface area (Å²) in [5.41, 5.74) is 2.44. The Hall–Kier alpha value is -1.68. The molecule has 0 saturated carbocycles. The maximum absolute atomic E-state index is 4.67. The molecule has 0 spiro atoms. The van der Waals surface area contributed by atoms with E-state index >= 15 is 0 Å². The molecule has 1 aromatic carbocycles. The maximum atomic E-state index is 4.67. The van der Waals surface area contributed by atoms with Gasteiger partial charge in [0.25, 0.3) is 0 Å². The first-order valence-electron chi connectivity index (χ1n) is 7.61. The molecule has 0 amide bonds. The van der Waals surface area contributed by atoms with Crippen LogP contribution in [0.5, 0.6) is 0 Å². The van der Waals surface area contributed by atoms with Crippen molar-refractivity contribution in [2.24, 2.45) is 0 Å². The number of rotatable bonds is 3. The molecule has 4 nitrogen and oxygen atoms in total. The number of fused-ring (bicyclic) bond motifs is 1. The molecule has 104 valence electrons. The molecule has 0 bridgehead atoms. The van der Waals surface area contributed by atoms with Crippen molar-refractivity contribution in [1.29, 1.82) is 0 Å².